The molecule has 0 aliphatic carbocycles. The first-order valence-electron chi connectivity index (χ1n) is 10.5. The fraction of sp³-hybridized carbons (Fsp3) is 0.292. The highest BCUT2D eigenvalue weighted by molar-refractivity contribution is 6.34. The summed E-state index contributed by atoms with van der Waals surface area (Å²) in [6.07, 6.45) is 0.643. The minimum Gasteiger partial charge on any atom is -0.481 e. The molecule has 3 aromatic rings. The van der Waals surface area contributed by atoms with Gasteiger partial charge < -0.3 is 15.4 Å². The summed E-state index contributed by atoms with van der Waals surface area (Å²) < 4.78 is 19.4. The summed E-state index contributed by atoms with van der Waals surface area (Å²) in [6, 6.07) is 11.0. The van der Waals surface area contributed by atoms with Crippen LogP contribution in [0.4, 0.5) is 4.39 Å². The van der Waals surface area contributed by atoms with Crippen molar-refractivity contribution in [2.45, 2.75) is 25.9 Å². The predicted octanol–water partition coefficient (Wildman–Crippen LogP) is 4.84. The molecule has 172 valence electrons. The average molecular weight is 490 g/mol. The second kappa shape index (κ2) is 9.53. The van der Waals surface area contributed by atoms with E-state index in [-0.39, 0.29) is 22.0 Å². The number of amides is 2. The number of hydrogen-bond acceptors (Lipinski definition) is 4. The quantitative estimate of drug-likeness (QED) is 0.519. The van der Waals surface area contributed by atoms with Gasteiger partial charge in [-0.25, -0.2) is 9.37 Å². The van der Waals surface area contributed by atoms with Crippen LogP contribution in [0.2, 0.25) is 10.2 Å². The molecule has 2 atom stereocenters. The van der Waals surface area contributed by atoms with Crippen LogP contribution in [0.5, 0.6) is 5.75 Å². The molecule has 0 spiro atoms. The largest absolute Gasteiger partial charge is 0.481 e. The van der Waals surface area contributed by atoms with Gasteiger partial charge in [-0.2, -0.15) is 0 Å². The number of nitrogens with two attached hydrogens (primary N) is 1. The van der Waals surface area contributed by atoms with Crippen molar-refractivity contribution in [2.75, 3.05) is 13.1 Å². The lowest BCUT2D eigenvalue weighted by Gasteiger charge is -2.33. The molecule has 0 radical (unpaired) electrons. The summed E-state index contributed by atoms with van der Waals surface area (Å²) in [6.45, 7) is 2.53. The molecule has 0 saturated carbocycles. The molecular formula is C24H22Cl2FN3O3. The first kappa shape index (κ1) is 23.3. The number of benzene rings is 2. The second-order valence-corrected chi connectivity index (χ2v) is 8.88. The maximum Gasteiger partial charge on any atom is 0.263 e. The van der Waals surface area contributed by atoms with Gasteiger partial charge in [0, 0.05) is 30.1 Å². The molecule has 1 unspecified atom stereocenters. The van der Waals surface area contributed by atoms with Crippen LogP contribution in [0.15, 0.2) is 42.5 Å². The van der Waals surface area contributed by atoms with Gasteiger partial charge in [-0.05, 0) is 61.7 Å². The Bertz CT molecular complexity index is 1240. The summed E-state index contributed by atoms with van der Waals surface area (Å²) in [7, 11) is 0. The molecular weight excluding hydrogens is 468 g/mol. The molecule has 2 N–H and O–H groups in total. The van der Waals surface area contributed by atoms with Gasteiger partial charge in [-0.15, -0.1) is 0 Å². The third-order valence-corrected chi connectivity index (χ3v) is 6.27. The van der Waals surface area contributed by atoms with Crippen LogP contribution in [-0.2, 0) is 9.59 Å². The summed E-state index contributed by atoms with van der Waals surface area (Å²) >= 11 is 12.5. The van der Waals surface area contributed by atoms with Crippen molar-refractivity contribution in [3.63, 3.8) is 0 Å². The van der Waals surface area contributed by atoms with Crippen LogP contribution in [0.3, 0.4) is 0 Å². The number of rotatable bonds is 5. The number of ether oxygens (including phenoxy) is 1. The molecule has 1 aliphatic heterocycles. The average Bonchev–Trinajstić information content (AvgIpc) is 2.78. The van der Waals surface area contributed by atoms with Gasteiger partial charge in [0.2, 0.25) is 5.91 Å². The molecule has 1 aromatic heterocycles. The maximum absolute atomic E-state index is 13.5. The van der Waals surface area contributed by atoms with Crippen molar-refractivity contribution < 1.29 is 18.7 Å². The molecule has 2 amide bonds. The van der Waals surface area contributed by atoms with Crippen LogP contribution in [0, 0.1) is 11.7 Å². The van der Waals surface area contributed by atoms with Crippen molar-refractivity contribution in [1.29, 1.82) is 0 Å². The Balaban J connectivity index is 1.58. The highest BCUT2D eigenvalue weighted by Crippen LogP contribution is 2.36. The van der Waals surface area contributed by atoms with Gasteiger partial charge in [0.15, 0.2) is 6.10 Å². The number of carbonyl (C=O) groups excluding carboxylic acids is 2. The smallest absolute Gasteiger partial charge is 0.263 e. The number of fused-ring (bicyclic) bond motifs is 1. The van der Waals surface area contributed by atoms with Gasteiger partial charge in [-0.3, -0.25) is 9.59 Å². The monoisotopic (exact) mass is 489 g/mol. The van der Waals surface area contributed by atoms with Crippen molar-refractivity contribution in [2.24, 2.45) is 11.7 Å². The van der Waals surface area contributed by atoms with E-state index in [2.05, 4.69) is 4.98 Å². The second-order valence-electron chi connectivity index (χ2n) is 8.08. The Morgan fingerprint density at radius 2 is 1.97 bits per heavy atom. The lowest BCUT2D eigenvalue weighted by Crippen LogP contribution is -2.48. The van der Waals surface area contributed by atoms with E-state index in [0.29, 0.717) is 41.9 Å². The fourth-order valence-corrected chi connectivity index (χ4v) is 4.57. The Morgan fingerprint density at radius 3 is 2.70 bits per heavy atom. The molecule has 2 aromatic carbocycles. The zero-order valence-corrected chi connectivity index (χ0v) is 19.4. The number of nitrogens with zero attached hydrogens (tertiary/aromatic N) is 2. The zero-order chi connectivity index (χ0) is 23.7. The number of pyridine rings is 1. The summed E-state index contributed by atoms with van der Waals surface area (Å²) in [4.78, 5) is 30.4. The lowest BCUT2D eigenvalue weighted by molar-refractivity contribution is -0.141. The van der Waals surface area contributed by atoms with Crippen LogP contribution >= 0.6 is 23.2 Å². The Morgan fingerprint density at radius 1 is 1.18 bits per heavy atom. The van der Waals surface area contributed by atoms with Crippen molar-refractivity contribution in [1.82, 2.24) is 9.88 Å². The third-order valence-electron chi connectivity index (χ3n) is 5.77. The Kier molecular flexibility index (Phi) is 6.72. The van der Waals surface area contributed by atoms with Crippen molar-refractivity contribution >= 4 is 45.9 Å². The number of halogens is 3. The number of aromatic nitrogens is 1. The van der Waals surface area contributed by atoms with Crippen LogP contribution in [0.25, 0.3) is 22.0 Å². The molecule has 4 rings (SSSR count). The van der Waals surface area contributed by atoms with E-state index in [1.807, 2.05) is 0 Å². The molecule has 6 nitrogen and oxygen atoms in total. The van der Waals surface area contributed by atoms with E-state index in [1.54, 1.807) is 42.2 Å². The minimum absolute atomic E-state index is 0.209. The number of piperidine rings is 1. The summed E-state index contributed by atoms with van der Waals surface area (Å²) in [5, 5.41) is 1.25. The summed E-state index contributed by atoms with van der Waals surface area (Å²) in [5.74, 6) is -0.927. The van der Waals surface area contributed by atoms with Crippen LogP contribution < -0.4 is 10.5 Å². The van der Waals surface area contributed by atoms with Gasteiger partial charge >= 0.3 is 0 Å². The van der Waals surface area contributed by atoms with Gasteiger partial charge in [0.05, 0.1) is 16.5 Å². The van der Waals surface area contributed by atoms with E-state index >= 15 is 0 Å². The normalized spacial score (nSPS) is 17.1. The molecule has 33 heavy (non-hydrogen) atoms. The first-order valence-corrected chi connectivity index (χ1v) is 11.3. The fourth-order valence-electron chi connectivity index (χ4n) is 4.10. The van der Waals surface area contributed by atoms with Crippen LogP contribution in [0.1, 0.15) is 19.8 Å². The van der Waals surface area contributed by atoms with Gasteiger partial charge in [-0.1, -0.05) is 23.2 Å². The van der Waals surface area contributed by atoms with Crippen molar-refractivity contribution in [3.8, 4) is 16.9 Å². The molecule has 9 heteroatoms. The van der Waals surface area contributed by atoms with E-state index < -0.39 is 17.8 Å². The van der Waals surface area contributed by atoms with Crippen LogP contribution in [-0.4, -0.2) is 40.9 Å². The van der Waals surface area contributed by atoms with E-state index in [4.69, 9.17) is 33.7 Å². The van der Waals surface area contributed by atoms with Gasteiger partial charge in [0.1, 0.15) is 16.7 Å². The van der Waals surface area contributed by atoms with E-state index in [1.165, 1.54) is 12.1 Å². The lowest BCUT2D eigenvalue weighted by atomic mass is 9.97. The third kappa shape index (κ3) is 5.04. The molecule has 1 aliphatic rings. The van der Waals surface area contributed by atoms with E-state index in [0.717, 1.165) is 11.8 Å². The Hall–Kier alpha value is -2.90. The number of likely N-dealkylation sites (tertiary alicyclic amines) is 1. The molecule has 2 heterocycles. The Labute approximate surface area is 200 Å². The van der Waals surface area contributed by atoms with Crippen molar-refractivity contribution in [3.05, 3.63) is 58.5 Å². The number of primary amides is 1. The summed E-state index contributed by atoms with van der Waals surface area (Å²) in [5.41, 5.74) is 7.28. The predicted molar refractivity (Wildman–Crippen MR) is 126 cm³/mol. The molecule has 0 bridgehead atoms. The maximum atomic E-state index is 13.5. The first-order chi connectivity index (χ1) is 15.7. The van der Waals surface area contributed by atoms with Gasteiger partial charge in [0.25, 0.3) is 5.91 Å². The minimum atomic E-state index is -0.765. The molecule has 1 fully saturated rings. The highest BCUT2D eigenvalue weighted by Gasteiger charge is 2.30. The number of hydrogen-bond donors (Lipinski definition) is 1. The topological polar surface area (TPSA) is 85.5 Å². The SMILES string of the molecule is CC(Oc1ccc2c(-c3ccc(F)cc3Cl)cc(Cl)nc2c1)C(=O)N1CCC[C@H](C(N)=O)C1. The number of carbonyl (C=O) groups is 2. The standard InChI is InChI=1S/C24H22Cl2FN3O3/c1-13(24(32)30-8-2-3-14(12-30)23(28)31)33-16-5-7-18-19(11-22(26)29-21(18)10-16)17-6-4-15(27)9-20(17)25/h4-7,9-11,13-14H,2-3,8,12H2,1H3,(H2,28,31)/t13?,14-/m0/s1. The zero-order valence-electron chi connectivity index (χ0n) is 17.9. The highest BCUT2D eigenvalue weighted by atomic mass is 35.5. The van der Waals surface area contributed by atoms with E-state index in [9.17, 15) is 14.0 Å². The molecule has 1 saturated heterocycles.